The van der Waals surface area contributed by atoms with Gasteiger partial charge >= 0.3 is 0 Å². The number of para-hydroxylation sites is 1. The predicted octanol–water partition coefficient (Wildman–Crippen LogP) is 3.25. The molecule has 6 nitrogen and oxygen atoms in total. The molecule has 0 radical (unpaired) electrons. The number of aryl methyl sites for hydroxylation is 2. The van der Waals surface area contributed by atoms with Gasteiger partial charge in [0.2, 0.25) is 10.0 Å². The predicted molar refractivity (Wildman–Crippen MR) is 95.6 cm³/mol. The maximum atomic E-state index is 12.9. The van der Waals surface area contributed by atoms with Gasteiger partial charge in [-0.05, 0) is 31.9 Å². The number of benzene rings is 1. The van der Waals surface area contributed by atoms with E-state index in [-0.39, 0.29) is 4.90 Å². The van der Waals surface area contributed by atoms with Crippen molar-refractivity contribution in [3.8, 4) is 0 Å². The van der Waals surface area contributed by atoms with Gasteiger partial charge in [0.15, 0.2) is 5.76 Å². The third-order valence-corrected chi connectivity index (χ3v) is 6.78. The molecule has 0 aliphatic carbocycles. The van der Waals surface area contributed by atoms with Crippen LogP contribution in [0.4, 0.5) is 0 Å². The SMILES string of the molecule is Cc1noc(C)c1S(=O)(=O)N1CC=C(c2c[nH]c3ccccc23)CC1. The summed E-state index contributed by atoms with van der Waals surface area (Å²) in [5.41, 5.74) is 3.81. The first-order valence-electron chi connectivity index (χ1n) is 8.17. The van der Waals surface area contributed by atoms with Gasteiger partial charge in [-0.1, -0.05) is 29.4 Å². The van der Waals surface area contributed by atoms with Gasteiger partial charge in [0.1, 0.15) is 10.6 Å². The van der Waals surface area contributed by atoms with Gasteiger partial charge in [-0.3, -0.25) is 0 Å². The number of hydrogen-bond donors (Lipinski definition) is 1. The molecule has 25 heavy (non-hydrogen) atoms. The minimum atomic E-state index is -3.59. The highest BCUT2D eigenvalue weighted by Crippen LogP contribution is 2.31. The monoisotopic (exact) mass is 357 g/mol. The molecule has 0 unspecified atom stereocenters. The van der Waals surface area contributed by atoms with Crippen molar-refractivity contribution in [2.45, 2.75) is 25.2 Å². The molecule has 3 heterocycles. The summed E-state index contributed by atoms with van der Waals surface area (Å²) in [4.78, 5) is 3.46. The molecule has 7 heteroatoms. The van der Waals surface area contributed by atoms with Crippen LogP contribution >= 0.6 is 0 Å². The summed E-state index contributed by atoms with van der Waals surface area (Å²) in [5, 5.41) is 4.93. The molecule has 2 aromatic heterocycles. The van der Waals surface area contributed by atoms with E-state index in [1.54, 1.807) is 13.8 Å². The number of hydrogen-bond acceptors (Lipinski definition) is 4. The van der Waals surface area contributed by atoms with E-state index in [9.17, 15) is 8.42 Å². The van der Waals surface area contributed by atoms with Crippen molar-refractivity contribution >= 4 is 26.5 Å². The van der Waals surface area contributed by atoms with E-state index in [1.165, 1.54) is 9.88 Å². The van der Waals surface area contributed by atoms with E-state index >= 15 is 0 Å². The Morgan fingerprint density at radius 3 is 2.72 bits per heavy atom. The van der Waals surface area contributed by atoms with Crippen molar-refractivity contribution in [3.05, 3.63) is 53.6 Å². The number of sulfonamides is 1. The number of fused-ring (bicyclic) bond motifs is 1. The lowest BCUT2D eigenvalue weighted by atomic mass is 10.00. The highest BCUT2D eigenvalue weighted by atomic mass is 32.2. The first kappa shape index (κ1) is 16.1. The van der Waals surface area contributed by atoms with Gasteiger partial charge in [-0.2, -0.15) is 4.31 Å². The molecule has 130 valence electrons. The summed E-state index contributed by atoms with van der Waals surface area (Å²) in [6.45, 7) is 4.07. The molecule has 1 aliphatic heterocycles. The summed E-state index contributed by atoms with van der Waals surface area (Å²) in [6, 6.07) is 8.12. The smallest absolute Gasteiger partial charge is 0.248 e. The average molecular weight is 357 g/mol. The van der Waals surface area contributed by atoms with Crippen molar-refractivity contribution in [1.82, 2.24) is 14.4 Å². The Bertz CT molecular complexity index is 1060. The zero-order chi connectivity index (χ0) is 17.6. The van der Waals surface area contributed by atoms with Gasteiger partial charge in [-0.25, -0.2) is 8.42 Å². The molecular formula is C18H19N3O3S. The van der Waals surface area contributed by atoms with E-state index in [2.05, 4.69) is 16.2 Å². The summed E-state index contributed by atoms with van der Waals surface area (Å²) in [6.07, 6.45) is 4.66. The highest BCUT2D eigenvalue weighted by Gasteiger charge is 2.32. The summed E-state index contributed by atoms with van der Waals surface area (Å²) in [7, 11) is -3.59. The molecule has 0 spiro atoms. The van der Waals surface area contributed by atoms with Gasteiger partial charge in [0, 0.05) is 35.8 Å². The third-order valence-electron chi connectivity index (χ3n) is 4.67. The molecule has 0 fully saturated rings. The number of nitrogens with one attached hydrogen (secondary N) is 1. The van der Waals surface area contributed by atoms with Crippen molar-refractivity contribution < 1.29 is 12.9 Å². The van der Waals surface area contributed by atoms with E-state index in [0.29, 0.717) is 31.0 Å². The van der Waals surface area contributed by atoms with E-state index in [1.807, 2.05) is 30.5 Å². The van der Waals surface area contributed by atoms with Crippen LogP contribution < -0.4 is 0 Å². The fourth-order valence-corrected chi connectivity index (χ4v) is 5.09. The second kappa shape index (κ2) is 5.86. The van der Waals surface area contributed by atoms with Crippen LogP contribution in [-0.2, 0) is 10.0 Å². The van der Waals surface area contributed by atoms with Gasteiger partial charge < -0.3 is 9.51 Å². The molecular weight excluding hydrogens is 338 g/mol. The van der Waals surface area contributed by atoms with Gasteiger partial charge in [0.05, 0.1) is 0 Å². The molecule has 1 aliphatic rings. The Labute approximate surface area is 146 Å². The Hall–Kier alpha value is -2.38. The Kier molecular flexibility index (Phi) is 3.77. The van der Waals surface area contributed by atoms with Crippen LogP contribution in [0.15, 0.2) is 46.0 Å². The minimum Gasteiger partial charge on any atom is -0.361 e. The van der Waals surface area contributed by atoms with E-state index < -0.39 is 10.0 Å². The fourth-order valence-electron chi connectivity index (χ4n) is 3.42. The Morgan fingerprint density at radius 2 is 2.04 bits per heavy atom. The standard InChI is InChI=1S/C18H19N3O3S/c1-12-18(13(2)24-20-12)25(22,23)21-9-7-14(8-10-21)16-11-19-17-6-4-3-5-15(16)17/h3-7,11,19H,8-10H2,1-2H3. The minimum absolute atomic E-state index is 0.191. The van der Waals surface area contributed by atoms with E-state index in [0.717, 1.165) is 16.5 Å². The second-order valence-corrected chi connectivity index (χ2v) is 8.12. The Balaban J connectivity index is 1.64. The molecule has 1 aromatic carbocycles. The van der Waals surface area contributed by atoms with Crippen LogP contribution in [0.5, 0.6) is 0 Å². The maximum Gasteiger partial charge on any atom is 0.248 e. The number of aromatic nitrogens is 2. The lowest BCUT2D eigenvalue weighted by Crippen LogP contribution is -2.35. The maximum absolute atomic E-state index is 12.9. The molecule has 4 rings (SSSR count). The molecule has 3 aromatic rings. The topological polar surface area (TPSA) is 79.2 Å². The van der Waals surface area contributed by atoms with Crippen LogP contribution in [0.1, 0.15) is 23.4 Å². The number of aromatic amines is 1. The molecule has 0 saturated heterocycles. The third kappa shape index (κ3) is 2.60. The van der Waals surface area contributed by atoms with Crippen LogP contribution in [0.25, 0.3) is 16.5 Å². The zero-order valence-corrected chi connectivity index (χ0v) is 14.9. The molecule has 0 amide bonds. The fraction of sp³-hybridized carbons (Fsp3) is 0.278. The van der Waals surface area contributed by atoms with Crippen molar-refractivity contribution in [2.24, 2.45) is 0 Å². The lowest BCUT2D eigenvalue weighted by Gasteiger charge is -2.25. The second-order valence-electron chi connectivity index (χ2n) is 6.24. The highest BCUT2D eigenvalue weighted by molar-refractivity contribution is 7.89. The molecule has 1 N–H and O–H groups in total. The number of H-pyrrole nitrogens is 1. The first-order chi connectivity index (χ1) is 12.0. The van der Waals surface area contributed by atoms with Crippen LogP contribution in [-0.4, -0.2) is 36.0 Å². The van der Waals surface area contributed by atoms with Crippen LogP contribution in [0.2, 0.25) is 0 Å². The number of rotatable bonds is 3. The zero-order valence-electron chi connectivity index (χ0n) is 14.1. The average Bonchev–Trinajstić information content (AvgIpc) is 3.18. The summed E-state index contributed by atoms with van der Waals surface area (Å²) in [5.74, 6) is 0.337. The number of nitrogens with zero attached hydrogens (tertiary/aromatic N) is 2. The van der Waals surface area contributed by atoms with Crippen molar-refractivity contribution in [3.63, 3.8) is 0 Å². The quantitative estimate of drug-likeness (QED) is 0.780. The largest absolute Gasteiger partial charge is 0.361 e. The first-order valence-corrected chi connectivity index (χ1v) is 9.61. The van der Waals surface area contributed by atoms with Crippen molar-refractivity contribution in [2.75, 3.05) is 13.1 Å². The van der Waals surface area contributed by atoms with Gasteiger partial charge in [-0.15, -0.1) is 0 Å². The van der Waals surface area contributed by atoms with E-state index in [4.69, 9.17) is 4.52 Å². The Morgan fingerprint density at radius 1 is 1.24 bits per heavy atom. The van der Waals surface area contributed by atoms with Gasteiger partial charge in [0.25, 0.3) is 0 Å². The normalized spacial score (nSPS) is 16.3. The molecule has 0 bridgehead atoms. The summed E-state index contributed by atoms with van der Waals surface area (Å²) < 4.78 is 32.3. The lowest BCUT2D eigenvalue weighted by molar-refractivity contribution is 0.389. The molecule has 0 saturated carbocycles. The molecule has 0 atom stereocenters. The van der Waals surface area contributed by atoms with Crippen molar-refractivity contribution in [1.29, 1.82) is 0 Å². The van der Waals surface area contributed by atoms with Crippen LogP contribution in [0, 0.1) is 13.8 Å². The van der Waals surface area contributed by atoms with Crippen LogP contribution in [0.3, 0.4) is 0 Å². The summed E-state index contributed by atoms with van der Waals surface area (Å²) >= 11 is 0.